The standard InChI is InChI=1S/C21H23N5O3S2/c22-20(27)14-8-9-15(18(11-14)26(28)29)13-31-21-24-23-19(12-17-7-4-10-30-17)25(21)16-5-2-1-3-6-16/h4,7-11,16H,1-3,5-6,12-13H2,(H2,22,27). The van der Waals surface area contributed by atoms with Crippen LogP contribution in [0.25, 0.3) is 0 Å². The van der Waals surface area contributed by atoms with Crippen molar-refractivity contribution in [3.63, 3.8) is 0 Å². The van der Waals surface area contributed by atoms with Crippen molar-refractivity contribution in [3.05, 3.63) is 67.7 Å². The minimum atomic E-state index is -0.683. The summed E-state index contributed by atoms with van der Waals surface area (Å²) >= 11 is 3.15. The Kier molecular flexibility index (Phi) is 6.67. The van der Waals surface area contributed by atoms with E-state index in [9.17, 15) is 14.9 Å². The van der Waals surface area contributed by atoms with E-state index >= 15 is 0 Å². The number of aromatic nitrogens is 3. The predicted molar refractivity (Wildman–Crippen MR) is 120 cm³/mol. The monoisotopic (exact) mass is 457 g/mol. The summed E-state index contributed by atoms with van der Waals surface area (Å²) in [7, 11) is 0. The van der Waals surface area contributed by atoms with Gasteiger partial charge in [0, 0.05) is 40.3 Å². The third kappa shape index (κ3) is 4.96. The summed E-state index contributed by atoms with van der Waals surface area (Å²) in [4.78, 5) is 23.7. The molecule has 1 amide bonds. The Bertz CT molecular complexity index is 1070. The van der Waals surface area contributed by atoms with Crippen LogP contribution in [0.1, 0.15) is 64.8 Å². The van der Waals surface area contributed by atoms with Crippen LogP contribution in [-0.4, -0.2) is 25.6 Å². The molecule has 0 bridgehead atoms. The number of carbonyl (C=O) groups excluding carboxylic acids is 1. The van der Waals surface area contributed by atoms with Crippen LogP contribution in [-0.2, 0) is 12.2 Å². The van der Waals surface area contributed by atoms with Crippen LogP contribution in [0.4, 0.5) is 5.69 Å². The molecular weight excluding hydrogens is 434 g/mol. The van der Waals surface area contributed by atoms with Gasteiger partial charge in [0.1, 0.15) is 5.82 Å². The van der Waals surface area contributed by atoms with Gasteiger partial charge in [-0.05, 0) is 30.4 Å². The van der Waals surface area contributed by atoms with E-state index in [4.69, 9.17) is 5.73 Å². The van der Waals surface area contributed by atoms with Gasteiger partial charge in [-0.2, -0.15) is 0 Å². The summed E-state index contributed by atoms with van der Waals surface area (Å²) in [6.07, 6.45) is 6.54. The number of hydrogen-bond acceptors (Lipinski definition) is 7. The van der Waals surface area contributed by atoms with Gasteiger partial charge in [-0.3, -0.25) is 14.9 Å². The minimum Gasteiger partial charge on any atom is -0.366 e. The quantitative estimate of drug-likeness (QED) is 0.297. The number of amides is 1. The number of hydrogen-bond donors (Lipinski definition) is 1. The largest absolute Gasteiger partial charge is 0.366 e. The van der Waals surface area contributed by atoms with Crippen molar-refractivity contribution in [2.75, 3.05) is 0 Å². The molecule has 162 valence electrons. The number of thioether (sulfide) groups is 1. The highest BCUT2D eigenvalue weighted by molar-refractivity contribution is 7.98. The normalized spacial score (nSPS) is 14.6. The number of rotatable bonds is 8. The number of nitrogens with two attached hydrogens (primary N) is 1. The minimum absolute atomic E-state index is 0.105. The lowest BCUT2D eigenvalue weighted by atomic mass is 9.95. The zero-order valence-corrected chi connectivity index (χ0v) is 18.5. The highest BCUT2D eigenvalue weighted by atomic mass is 32.2. The number of nitro groups is 1. The van der Waals surface area contributed by atoms with Crippen molar-refractivity contribution < 1.29 is 9.72 Å². The molecule has 0 aliphatic heterocycles. The fraction of sp³-hybridized carbons (Fsp3) is 0.381. The zero-order valence-electron chi connectivity index (χ0n) is 16.9. The molecule has 0 unspecified atom stereocenters. The van der Waals surface area contributed by atoms with E-state index in [-0.39, 0.29) is 11.3 Å². The summed E-state index contributed by atoms with van der Waals surface area (Å²) in [5.41, 5.74) is 5.82. The van der Waals surface area contributed by atoms with Crippen LogP contribution in [0.15, 0.2) is 40.9 Å². The number of carbonyl (C=O) groups is 1. The fourth-order valence-electron chi connectivity index (χ4n) is 3.95. The van der Waals surface area contributed by atoms with E-state index in [1.54, 1.807) is 17.4 Å². The number of nitro benzene ring substituents is 1. The number of primary amides is 1. The van der Waals surface area contributed by atoms with Crippen molar-refractivity contribution >= 4 is 34.7 Å². The summed E-state index contributed by atoms with van der Waals surface area (Å²) in [5.74, 6) is 0.618. The Morgan fingerprint density at radius 3 is 2.74 bits per heavy atom. The highest BCUT2D eigenvalue weighted by Crippen LogP contribution is 2.35. The maximum atomic E-state index is 11.5. The number of nitrogens with zero attached hydrogens (tertiary/aromatic N) is 4. The number of benzene rings is 1. The van der Waals surface area contributed by atoms with Gasteiger partial charge in [-0.25, -0.2) is 0 Å². The molecule has 2 N–H and O–H groups in total. The molecule has 0 spiro atoms. The van der Waals surface area contributed by atoms with Crippen LogP contribution in [0, 0.1) is 10.1 Å². The summed E-state index contributed by atoms with van der Waals surface area (Å²) < 4.78 is 2.24. The molecule has 1 aromatic carbocycles. The molecule has 8 nitrogen and oxygen atoms in total. The summed E-state index contributed by atoms with van der Waals surface area (Å²) in [6.45, 7) is 0. The topological polar surface area (TPSA) is 117 Å². The van der Waals surface area contributed by atoms with Gasteiger partial charge in [0.2, 0.25) is 5.91 Å². The third-order valence-corrected chi connectivity index (χ3v) is 7.38. The molecule has 0 atom stereocenters. The molecule has 1 saturated carbocycles. The Morgan fingerprint density at radius 1 is 1.26 bits per heavy atom. The van der Waals surface area contributed by atoms with E-state index in [0.29, 0.717) is 17.4 Å². The second kappa shape index (κ2) is 9.61. The Balaban J connectivity index is 1.60. The SMILES string of the molecule is NC(=O)c1ccc(CSc2nnc(Cc3cccs3)n2C2CCCCC2)c([N+](=O)[O-])c1. The van der Waals surface area contributed by atoms with Crippen LogP contribution in [0.2, 0.25) is 0 Å². The molecule has 0 saturated heterocycles. The Morgan fingerprint density at radius 2 is 2.06 bits per heavy atom. The van der Waals surface area contributed by atoms with E-state index < -0.39 is 10.8 Å². The van der Waals surface area contributed by atoms with Crippen molar-refractivity contribution in [1.29, 1.82) is 0 Å². The van der Waals surface area contributed by atoms with Gasteiger partial charge in [0.05, 0.1) is 4.92 Å². The first kappa shape index (κ1) is 21.5. The van der Waals surface area contributed by atoms with Gasteiger partial charge < -0.3 is 10.3 Å². The maximum absolute atomic E-state index is 11.5. The van der Waals surface area contributed by atoms with Crippen molar-refractivity contribution in [2.24, 2.45) is 5.73 Å². The fourth-order valence-corrected chi connectivity index (χ4v) is 5.68. The first-order chi connectivity index (χ1) is 15.0. The lowest BCUT2D eigenvalue weighted by Gasteiger charge is -2.25. The van der Waals surface area contributed by atoms with Crippen molar-refractivity contribution in [2.45, 2.75) is 55.5 Å². The molecule has 10 heteroatoms. The van der Waals surface area contributed by atoms with Crippen LogP contribution >= 0.6 is 23.1 Å². The van der Waals surface area contributed by atoms with E-state index in [1.165, 1.54) is 48.0 Å². The third-order valence-electron chi connectivity index (χ3n) is 5.51. The molecule has 3 aromatic rings. The van der Waals surface area contributed by atoms with Crippen LogP contribution in [0.3, 0.4) is 0 Å². The lowest BCUT2D eigenvalue weighted by molar-refractivity contribution is -0.385. The van der Waals surface area contributed by atoms with Gasteiger partial charge in [-0.1, -0.05) is 43.2 Å². The Labute approximate surface area is 188 Å². The predicted octanol–water partition coefficient (Wildman–Crippen LogP) is 4.74. The molecule has 1 fully saturated rings. The lowest BCUT2D eigenvalue weighted by Crippen LogP contribution is -2.16. The van der Waals surface area contributed by atoms with Gasteiger partial charge in [0.15, 0.2) is 5.16 Å². The van der Waals surface area contributed by atoms with Crippen molar-refractivity contribution in [1.82, 2.24) is 14.8 Å². The molecule has 4 rings (SSSR count). The van der Waals surface area contributed by atoms with E-state index in [1.807, 2.05) is 6.07 Å². The van der Waals surface area contributed by atoms with Crippen LogP contribution < -0.4 is 5.73 Å². The second-order valence-corrected chi connectivity index (χ2v) is 9.55. The molecule has 1 aliphatic carbocycles. The molecule has 0 radical (unpaired) electrons. The van der Waals surface area contributed by atoms with E-state index in [0.717, 1.165) is 30.2 Å². The molecule has 31 heavy (non-hydrogen) atoms. The van der Waals surface area contributed by atoms with E-state index in [2.05, 4.69) is 26.2 Å². The molecule has 1 aliphatic rings. The molecular formula is C21H23N5O3S2. The van der Waals surface area contributed by atoms with Gasteiger partial charge in [-0.15, -0.1) is 21.5 Å². The average Bonchev–Trinajstić information content (AvgIpc) is 3.43. The summed E-state index contributed by atoms with van der Waals surface area (Å²) in [6, 6.07) is 8.85. The van der Waals surface area contributed by atoms with Gasteiger partial charge >= 0.3 is 0 Å². The molecule has 2 heterocycles. The summed E-state index contributed by atoms with van der Waals surface area (Å²) in [5, 5.41) is 23.3. The maximum Gasteiger partial charge on any atom is 0.274 e. The number of thiophene rings is 1. The van der Waals surface area contributed by atoms with Gasteiger partial charge in [0.25, 0.3) is 5.69 Å². The zero-order chi connectivity index (χ0) is 21.8. The molecule has 2 aromatic heterocycles. The first-order valence-corrected chi connectivity index (χ1v) is 12.1. The Hall–Kier alpha value is -2.72. The van der Waals surface area contributed by atoms with Crippen molar-refractivity contribution in [3.8, 4) is 0 Å². The highest BCUT2D eigenvalue weighted by Gasteiger charge is 2.24. The van der Waals surface area contributed by atoms with Crippen LogP contribution in [0.5, 0.6) is 0 Å². The first-order valence-electron chi connectivity index (χ1n) is 10.2. The average molecular weight is 458 g/mol. The second-order valence-electron chi connectivity index (χ2n) is 7.57. The smallest absolute Gasteiger partial charge is 0.274 e.